The van der Waals surface area contributed by atoms with Crippen molar-refractivity contribution >= 4 is 45.1 Å². The number of aromatic nitrogens is 1. The van der Waals surface area contributed by atoms with Crippen LogP contribution in [0.3, 0.4) is 0 Å². The smallest absolute Gasteiger partial charge is 0.296 e. The summed E-state index contributed by atoms with van der Waals surface area (Å²) in [4.78, 5) is 28.8. The zero-order chi connectivity index (χ0) is 22.0. The Balaban J connectivity index is 1.70. The molecule has 1 aliphatic heterocycles. The van der Waals surface area contributed by atoms with Crippen LogP contribution in [0.25, 0.3) is 21.7 Å². The summed E-state index contributed by atoms with van der Waals surface area (Å²) in [6.45, 7) is 1.74. The van der Waals surface area contributed by atoms with Crippen molar-refractivity contribution in [2.75, 3.05) is 4.90 Å². The summed E-state index contributed by atoms with van der Waals surface area (Å²) < 4.78 is 11.3. The normalized spacial score (nSPS) is 15.6. The van der Waals surface area contributed by atoms with Crippen molar-refractivity contribution in [1.82, 2.24) is 5.16 Å². The Morgan fingerprint density at radius 2 is 1.78 bits per heavy atom. The average molecular weight is 443 g/mol. The lowest BCUT2D eigenvalue weighted by Gasteiger charge is -2.22. The quantitative estimate of drug-likeness (QED) is 0.330. The molecule has 3 heterocycles. The van der Waals surface area contributed by atoms with Gasteiger partial charge in [-0.05, 0) is 41.5 Å². The number of carbonyl (C=O) groups is 1. The SMILES string of the molecule is Cc1cc(N2C(=O)c3oc4ccc5ccccc5c4c(=O)c3C2c2ccc(Cl)cc2)no1. The minimum absolute atomic E-state index is 0.0124. The molecule has 32 heavy (non-hydrogen) atoms. The molecule has 1 unspecified atom stereocenters. The third kappa shape index (κ3) is 2.63. The number of hydrogen-bond acceptors (Lipinski definition) is 5. The van der Waals surface area contributed by atoms with Crippen LogP contribution in [0.5, 0.6) is 0 Å². The van der Waals surface area contributed by atoms with Gasteiger partial charge in [0, 0.05) is 11.1 Å². The molecule has 6 nitrogen and oxygen atoms in total. The molecule has 156 valence electrons. The molecule has 0 radical (unpaired) electrons. The van der Waals surface area contributed by atoms with Gasteiger partial charge in [-0.25, -0.2) is 0 Å². The van der Waals surface area contributed by atoms with E-state index in [9.17, 15) is 9.59 Å². The van der Waals surface area contributed by atoms with Crippen molar-refractivity contribution in [3.8, 4) is 0 Å². The topological polar surface area (TPSA) is 76.6 Å². The van der Waals surface area contributed by atoms with Crippen LogP contribution >= 0.6 is 11.6 Å². The molecule has 3 aromatic carbocycles. The molecule has 0 spiro atoms. The Labute approximate surface area is 186 Å². The van der Waals surface area contributed by atoms with Crippen LogP contribution in [0.1, 0.15) is 33.5 Å². The first kappa shape index (κ1) is 18.8. The summed E-state index contributed by atoms with van der Waals surface area (Å²) in [6, 6.07) is 19.2. The Morgan fingerprint density at radius 3 is 2.53 bits per heavy atom. The zero-order valence-corrected chi connectivity index (χ0v) is 17.6. The Hall–Kier alpha value is -3.90. The van der Waals surface area contributed by atoms with Crippen molar-refractivity contribution in [1.29, 1.82) is 0 Å². The third-order valence-electron chi connectivity index (χ3n) is 5.81. The van der Waals surface area contributed by atoms with E-state index in [1.165, 1.54) is 4.90 Å². The number of hydrogen-bond donors (Lipinski definition) is 0. The summed E-state index contributed by atoms with van der Waals surface area (Å²) >= 11 is 6.09. The predicted octanol–water partition coefficient (Wildman–Crippen LogP) is 5.65. The fraction of sp³-hybridized carbons (Fsp3) is 0.0800. The second-order valence-corrected chi connectivity index (χ2v) is 8.20. The number of carbonyl (C=O) groups excluding carboxylic acids is 1. The molecule has 1 aliphatic rings. The van der Waals surface area contributed by atoms with Gasteiger partial charge in [0.2, 0.25) is 5.76 Å². The van der Waals surface area contributed by atoms with E-state index in [2.05, 4.69) is 5.16 Å². The van der Waals surface area contributed by atoms with E-state index in [4.69, 9.17) is 20.5 Å². The lowest BCUT2D eigenvalue weighted by molar-refractivity contribution is 0.0969. The number of benzene rings is 3. The van der Waals surface area contributed by atoms with E-state index >= 15 is 0 Å². The van der Waals surface area contributed by atoms with Crippen LogP contribution in [-0.2, 0) is 0 Å². The molecule has 1 atom stereocenters. The van der Waals surface area contributed by atoms with Crippen molar-refractivity contribution < 1.29 is 13.7 Å². The minimum Gasteiger partial charge on any atom is -0.450 e. The van der Waals surface area contributed by atoms with Crippen LogP contribution in [-0.4, -0.2) is 11.1 Å². The fourth-order valence-electron chi connectivity index (χ4n) is 4.40. The van der Waals surface area contributed by atoms with E-state index < -0.39 is 11.9 Å². The highest BCUT2D eigenvalue weighted by Crippen LogP contribution is 2.41. The van der Waals surface area contributed by atoms with Crippen molar-refractivity contribution in [2.45, 2.75) is 13.0 Å². The van der Waals surface area contributed by atoms with Crippen LogP contribution < -0.4 is 10.3 Å². The summed E-state index contributed by atoms with van der Waals surface area (Å²) in [5, 5.41) is 6.74. The maximum atomic E-state index is 13.9. The van der Waals surface area contributed by atoms with Gasteiger partial charge in [-0.1, -0.05) is 59.2 Å². The van der Waals surface area contributed by atoms with Gasteiger partial charge in [0.15, 0.2) is 11.2 Å². The second-order valence-electron chi connectivity index (χ2n) is 7.76. The number of rotatable bonds is 2. The third-order valence-corrected chi connectivity index (χ3v) is 6.06. The van der Waals surface area contributed by atoms with Gasteiger partial charge >= 0.3 is 0 Å². The number of halogens is 1. The molecule has 0 fully saturated rings. The molecule has 0 aliphatic carbocycles. The Kier molecular flexibility index (Phi) is 4.00. The maximum Gasteiger partial charge on any atom is 0.296 e. The minimum atomic E-state index is -0.723. The monoisotopic (exact) mass is 442 g/mol. The van der Waals surface area contributed by atoms with Gasteiger partial charge in [-0.3, -0.25) is 14.5 Å². The standard InChI is InChI=1S/C25H15ClN2O4/c1-13-12-19(27-32-13)28-22(15-6-9-16(26)10-7-15)21-23(29)20-17-5-3-2-4-14(17)8-11-18(20)31-24(21)25(28)30/h2-12,22H,1H3. The highest BCUT2D eigenvalue weighted by Gasteiger charge is 2.45. The summed E-state index contributed by atoms with van der Waals surface area (Å²) in [7, 11) is 0. The molecule has 0 N–H and O–H groups in total. The summed E-state index contributed by atoms with van der Waals surface area (Å²) in [5.74, 6) is 0.431. The molecular weight excluding hydrogens is 428 g/mol. The van der Waals surface area contributed by atoms with Crippen LogP contribution in [0.15, 0.2) is 80.5 Å². The average Bonchev–Trinajstić information content (AvgIpc) is 3.35. The molecular formula is C25H15ClN2O4. The van der Waals surface area contributed by atoms with Crippen LogP contribution in [0.4, 0.5) is 5.82 Å². The molecule has 2 aromatic heterocycles. The highest BCUT2D eigenvalue weighted by atomic mass is 35.5. The van der Waals surface area contributed by atoms with E-state index in [1.54, 1.807) is 43.3 Å². The first-order valence-corrected chi connectivity index (χ1v) is 10.4. The highest BCUT2D eigenvalue weighted by molar-refractivity contribution is 6.30. The fourth-order valence-corrected chi connectivity index (χ4v) is 4.53. The molecule has 0 saturated carbocycles. The molecule has 6 rings (SSSR count). The second kappa shape index (κ2) is 6.80. The van der Waals surface area contributed by atoms with Crippen LogP contribution in [0.2, 0.25) is 5.02 Å². The first-order valence-electron chi connectivity index (χ1n) is 10.0. The molecule has 1 amide bonds. The van der Waals surface area contributed by atoms with E-state index in [0.717, 1.165) is 10.8 Å². The predicted molar refractivity (Wildman–Crippen MR) is 121 cm³/mol. The van der Waals surface area contributed by atoms with Crippen molar-refractivity contribution in [2.24, 2.45) is 0 Å². The number of aryl methyl sites for hydroxylation is 1. The molecule has 5 aromatic rings. The number of fused-ring (bicyclic) bond motifs is 4. The Morgan fingerprint density at radius 1 is 1.00 bits per heavy atom. The number of amides is 1. The Bertz CT molecular complexity index is 1600. The number of anilines is 1. The summed E-state index contributed by atoms with van der Waals surface area (Å²) in [5.41, 5.74) is 1.12. The largest absolute Gasteiger partial charge is 0.450 e. The van der Waals surface area contributed by atoms with E-state index in [-0.39, 0.29) is 16.8 Å². The van der Waals surface area contributed by atoms with E-state index in [1.807, 2.05) is 30.3 Å². The van der Waals surface area contributed by atoms with Gasteiger partial charge in [0.05, 0.1) is 17.0 Å². The molecule has 0 bridgehead atoms. The van der Waals surface area contributed by atoms with Gasteiger partial charge in [-0.2, -0.15) is 0 Å². The molecule has 0 saturated heterocycles. The van der Waals surface area contributed by atoms with Gasteiger partial charge in [-0.15, -0.1) is 0 Å². The van der Waals surface area contributed by atoms with Gasteiger partial charge < -0.3 is 8.94 Å². The maximum absolute atomic E-state index is 13.9. The zero-order valence-electron chi connectivity index (χ0n) is 16.8. The molecule has 7 heteroatoms. The van der Waals surface area contributed by atoms with Crippen LogP contribution in [0, 0.1) is 6.92 Å². The summed E-state index contributed by atoms with van der Waals surface area (Å²) in [6.07, 6.45) is 0. The van der Waals surface area contributed by atoms with Crippen molar-refractivity contribution in [3.05, 3.63) is 105 Å². The van der Waals surface area contributed by atoms with Gasteiger partial charge in [0.25, 0.3) is 5.91 Å². The number of nitrogens with zero attached hydrogens (tertiary/aromatic N) is 2. The lowest BCUT2D eigenvalue weighted by Crippen LogP contribution is -2.29. The van der Waals surface area contributed by atoms with E-state index in [0.29, 0.717) is 33.1 Å². The first-order chi connectivity index (χ1) is 15.5. The lowest BCUT2D eigenvalue weighted by atomic mass is 9.97. The van der Waals surface area contributed by atoms with Gasteiger partial charge in [0.1, 0.15) is 11.3 Å². The van der Waals surface area contributed by atoms with Crippen molar-refractivity contribution in [3.63, 3.8) is 0 Å².